The predicted molar refractivity (Wildman–Crippen MR) is 118 cm³/mol. The Labute approximate surface area is 182 Å². The molecule has 0 aliphatic rings. The second-order valence-electron chi connectivity index (χ2n) is 7.29. The lowest BCUT2D eigenvalue weighted by atomic mass is 10.1. The maximum absolute atomic E-state index is 14.8. The van der Waals surface area contributed by atoms with Crippen LogP contribution in [0.2, 0.25) is 0 Å². The molecule has 0 saturated carbocycles. The summed E-state index contributed by atoms with van der Waals surface area (Å²) >= 11 is 0. The third-order valence-corrected chi connectivity index (χ3v) is 5.02. The Morgan fingerprint density at radius 1 is 1.06 bits per heavy atom. The van der Waals surface area contributed by atoms with Crippen LogP contribution in [0.1, 0.15) is 16.2 Å². The molecular weight excluding hydrogens is 409 g/mol. The Balaban J connectivity index is 1.49. The second kappa shape index (κ2) is 7.69. The number of carbonyl (C=O) groups excluding carboxylic acids is 1. The van der Waals surface area contributed by atoms with E-state index in [4.69, 9.17) is 0 Å². The lowest BCUT2D eigenvalue weighted by Crippen LogP contribution is -2.18. The number of nitrogens with zero attached hydrogens (tertiary/aromatic N) is 6. The van der Waals surface area contributed by atoms with Gasteiger partial charge in [-0.15, -0.1) is 5.10 Å². The molecule has 5 aromatic rings. The fraction of sp³-hybridized carbons (Fsp3) is 0.0870. The van der Waals surface area contributed by atoms with Gasteiger partial charge in [0.05, 0.1) is 29.3 Å². The Bertz CT molecular complexity index is 1460. The molecule has 0 bridgehead atoms. The van der Waals surface area contributed by atoms with Gasteiger partial charge in [-0.3, -0.25) is 14.5 Å². The molecule has 0 fully saturated rings. The number of nitrogens with one attached hydrogen (secondary N) is 1. The molecule has 4 heterocycles. The molecule has 1 aromatic carbocycles. The standard InChI is InChI=1S/C23H18FN7O/c1-14-7-6-10-18(26-14)16-12-25-30(2)21(16)23(32)27-19-11-20-28-22(15-8-4-3-5-9-15)29-31(20)13-17(19)24/h3-13H,1-2H3,(H,27,32). The number of fused-ring (bicyclic) bond motifs is 1. The molecule has 0 aliphatic carbocycles. The van der Waals surface area contributed by atoms with Gasteiger partial charge in [-0.25, -0.2) is 13.9 Å². The van der Waals surface area contributed by atoms with Crippen LogP contribution in [0.4, 0.5) is 10.1 Å². The van der Waals surface area contributed by atoms with E-state index in [0.29, 0.717) is 22.7 Å². The molecule has 32 heavy (non-hydrogen) atoms. The van der Waals surface area contributed by atoms with E-state index in [1.807, 2.05) is 49.4 Å². The van der Waals surface area contributed by atoms with Crippen molar-refractivity contribution < 1.29 is 9.18 Å². The van der Waals surface area contributed by atoms with Crippen molar-refractivity contribution in [1.82, 2.24) is 29.4 Å². The number of hydrogen-bond acceptors (Lipinski definition) is 5. The molecule has 0 atom stereocenters. The van der Waals surface area contributed by atoms with E-state index in [1.54, 1.807) is 19.3 Å². The summed E-state index contributed by atoms with van der Waals surface area (Å²) < 4.78 is 17.6. The Hall–Kier alpha value is -4.40. The second-order valence-corrected chi connectivity index (χ2v) is 7.29. The van der Waals surface area contributed by atoms with Crippen LogP contribution in [0, 0.1) is 12.7 Å². The van der Waals surface area contributed by atoms with Crippen molar-refractivity contribution in [3.63, 3.8) is 0 Å². The highest BCUT2D eigenvalue weighted by atomic mass is 19.1. The normalized spacial score (nSPS) is 11.1. The molecule has 1 N–H and O–H groups in total. The number of anilines is 1. The van der Waals surface area contributed by atoms with Crippen LogP contribution in [0.15, 0.2) is 67.0 Å². The molecule has 0 spiro atoms. The van der Waals surface area contributed by atoms with Gasteiger partial charge in [-0.05, 0) is 19.1 Å². The van der Waals surface area contributed by atoms with Crippen LogP contribution >= 0.6 is 0 Å². The minimum absolute atomic E-state index is 0.00105. The third-order valence-electron chi connectivity index (χ3n) is 5.02. The van der Waals surface area contributed by atoms with Crippen molar-refractivity contribution in [3.05, 3.63) is 84.2 Å². The average Bonchev–Trinajstić information content (AvgIpc) is 3.38. The van der Waals surface area contributed by atoms with Gasteiger partial charge in [0.2, 0.25) is 0 Å². The number of aromatic nitrogens is 6. The molecule has 8 nitrogen and oxygen atoms in total. The van der Waals surface area contributed by atoms with E-state index in [0.717, 1.165) is 11.3 Å². The van der Waals surface area contributed by atoms with Gasteiger partial charge in [0.25, 0.3) is 5.91 Å². The van der Waals surface area contributed by atoms with Crippen molar-refractivity contribution in [2.75, 3.05) is 5.32 Å². The quantitative estimate of drug-likeness (QED) is 0.470. The van der Waals surface area contributed by atoms with Crippen LogP contribution in [0.3, 0.4) is 0 Å². The fourth-order valence-corrected chi connectivity index (χ4v) is 3.48. The first kappa shape index (κ1) is 19.6. The van der Waals surface area contributed by atoms with Crippen LogP contribution in [-0.2, 0) is 7.05 Å². The molecule has 0 radical (unpaired) electrons. The van der Waals surface area contributed by atoms with E-state index in [2.05, 4.69) is 25.5 Å². The molecule has 0 saturated heterocycles. The predicted octanol–water partition coefficient (Wildman–Crippen LogP) is 3.89. The van der Waals surface area contributed by atoms with Crippen molar-refractivity contribution in [2.24, 2.45) is 7.05 Å². The average molecular weight is 427 g/mol. The summed E-state index contributed by atoms with van der Waals surface area (Å²) in [6, 6.07) is 16.4. The highest BCUT2D eigenvalue weighted by Gasteiger charge is 2.21. The zero-order valence-corrected chi connectivity index (χ0v) is 17.3. The summed E-state index contributed by atoms with van der Waals surface area (Å²) in [5.74, 6) is -0.671. The van der Waals surface area contributed by atoms with E-state index >= 15 is 0 Å². The first-order chi connectivity index (χ1) is 15.5. The van der Waals surface area contributed by atoms with Crippen LogP contribution in [0.5, 0.6) is 0 Å². The number of pyridine rings is 2. The molecule has 5 rings (SSSR count). The molecule has 9 heteroatoms. The summed E-state index contributed by atoms with van der Waals surface area (Å²) in [6.45, 7) is 1.87. The zero-order valence-electron chi connectivity index (χ0n) is 17.3. The van der Waals surface area contributed by atoms with Crippen molar-refractivity contribution in [3.8, 4) is 22.6 Å². The van der Waals surface area contributed by atoms with Gasteiger partial charge in [0, 0.05) is 24.4 Å². The lowest BCUT2D eigenvalue weighted by Gasteiger charge is -2.09. The van der Waals surface area contributed by atoms with E-state index in [9.17, 15) is 9.18 Å². The summed E-state index contributed by atoms with van der Waals surface area (Å²) in [5, 5.41) is 11.1. The molecular formula is C23H18FN7O. The summed E-state index contributed by atoms with van der Waals surface area (Å²) in [5.41, 5.74) is 3.48. The summed E-state index contributed by atoms with van der Waals surface area (Å²) in [7, 11) is 1.65. The number of benzene rings is 1. The molecule has 0 aliphatic heterocycles. The van der Waals surface area contributed by atoms with Crippen molar-refractivity contribution in [2.45, 2.75) is 6.92 Å². The number of carbonyl (C=O) groups is 1. The van der Waals surface area contributed by atoms with Crippen LogP contribution in [0.25, 0.3) is 28.3 Å². The highest BCUT2D eigenvalue weighted by Crippen LogP contribution is 2.25. The van der Waals surface area contributed by atoms with Gasteiger partial charge in [-0.1, -0.05) is 36.4 Å². The van der Waals surface area contributed by atoms with Gasteiger partial charge in [-0.2, -0.15) is 5.10 Å². The minimum Gasteiger partial charge on any atom is -0.318 e. The summed E-state index contributed by atoms with van der Waals surface area (Å²) in [6.07, 6.45) is 2.76. The lowest BCUT2D eigenvalue weighted by molar-refractivity contribution is 0.101. The monoisotopic (exact) mass is 427 g/mol. The van der Waals surface area contributed by atoms with Gasteiger partial charge in [0.15, 0.2) is 17.3 Å². The maximum Gasteiger partial charge on any atom is 0.274 e. The van der Waals surface area contributed by atoms with Crippen molar-refractivity contribution in [1.29, 1.82) is 0 Å². The number of aryl methyl sites for hydroxylation is 2. The minimum atomic E-state index is -0.632. The number of rotatable bonds is 4. The van der Waals surface area contributed by atoms with Gasteiger partial charge < -0.3 is 5.32 Å². The first-order valence-corrected chi connectivity index (χ1v) is 9.88. The van der Waals surface area contributed by atoms with E-state index in [-0.39, 0.29) is 11.4 Å². The molecule has 1 amide bonds. The third kappa shape index (κ3) is 3.49. The van der Waals surface area contributed by atoms with Gasteiger partial charge >= 0.3 is 0 Å². The fourth-order valence-electron chi connectivity index (χ4n) is 3.48. The Kier molecular flexibility index (Phi) is 4.70. The number of amides is 1. The smallest absolute Gasteiger partial charge is 0.274 e. The summed E-state index contributed by atoms with van der Waals surface area (Å²) in [4.78, 5) is 22.0. The van der Waals surface area contributed by atoms with Crippen molar-refractivity contribution >= 4 is 17.2 Å². The Morgan fingerprint density at radius 3 is 2.66 bits per heavy atom. The van der Waals surface area contributed by atoms with Crippen LogP contribution < -0.4 is 5.32 Å². The van der Waals surface area contributed by atoms with E-state index < -0.39 is 11.7 Å². The molecule has 158 valence electrons. The van der Waals surface area contributed by atoms with Gasteiger partial charge in [0.1, 0.15) is 5.69 Å². The molecule has 0 unspecified atom stereocenters. The van der Waals surface area contributed by atoms with Crippen LogP contribution in [-0.4, -0.2) is 35.3 Å². The topological polar surface area (TPSA) is 90.0 Å². The first-order valence-electron chi connectivity index (χ1n) is 9.88. The highest BCUT2D eigenvalue weighted by molar-refractivity contribution is 6.07. The number of hydrogen-bond donors (Lipinski definition) is 1. The number of halogens is 1. The SMILES string of the molecule is Cc1cccc(-c2cnn(C)c2C(=O)Nc2cc3nc(-c4ccccc4)nn3cc2F)n1. The Morgan fingerprint density at radius 2 is 1.88 bits per heavy atom. The van der Waals surface area contributed by atoms with E-state index in [1.165, 1.54) is 21.5 Å². The zero-order chi connectivity index (χ0) is 22.2. The largest absolute Gasteiger partial charge is 0.318 e. The maximum atomic E-state index is 14.8. The molecule has 4 aromatic heterocycles.